The maximum absolute atomic E-state index is 12.0. The topological polar surface area (TPSA) is 63.4 Å². The lowest BCUT2D eigenvalue weighted by molar-refractivity contribution is 0.434. The van der Waals surface area contributed by atoms with Crippen LogP contribution in [0.25, 0.3) is 0 Å². The molecule has 1 rings (SSSR count). The predicted molar refractivity (Wildman–Crippen MR) is 78.5 cm³/mol. The minimum atomic E-state index is -3.35. The molecule has 19 heavy (non-hydrogen) atoms. The highest BCUT2D eigenvalue weighted by Gasteiger charge is 2.20. The van der Waals surface area contributed by atoms with Crippen LogP contribution in [0.4, 0.5) is 0 Å². The third-order valence-corrected chi connectivity index (χ3v) is 5.36. The first-order valence-electron chi connectivity index (χ1n) is 6.46. The van der Waals surface area contributed by atoms with Crippen molar-refractivity contribution in [3.8, 4) is 0 Å². The highest BCUT2D eigenvalue weighted by Crippen LogP contribution is 2.24. The van der Waals surface area contributed by atoms with Crippen LogP contribution in [0, 0.1) is 5.92 Å². The molecule has 0 spiro atoms. The van der Waals surface area contributed by atoms with Crippen LogP contribution in [-0.4, -0.2) is 32.9 Å². The highest BCUT2D eigenvalue weighted by molar-refractivity contribution is 7.89. The first kappa shape index (κ1) is 16.1. The molecule has 0 aliphatic carbocycles. The third kappa shape index (κ3) is 3.55. The molecular formula is C14H24N2O2S. The van der Waals surface area contributed by atoms with Gasteiger partial charge in [0, 0.05) is 20.1 Å². The van der Waals surface area contributed by atoms with Gasteiger partial charge < -0.3 is 5.73 Å². The van der Waals surface area contributed by atoms with Crippen molar-refractivity contribution in [1.29, 1.82) is 0 Å². The van der Waals surface area contributed by atoms with E-state index in [1.807, 2.05) is 12.1 Å². The average molecular weight is 284 g/mol. The molecule has 0 aromatic heterocycles. The molecule has 0 saturated carbocycles. The van der Waals surface area contributed by atoms with Gasteiger partial charge in [0.15, 0.2) is 0 Å². The van der Waals surface area contributed by atoms with E-state index in [1.54, 1.807) is 12.1 Å². The van der Waals surface area contributed by atoms with E-state index in [2.05, 4.69) is 20.8 Å². The number of nitrogens with two attached hydrogens (primary N) is 1. The van der Waals surface area contributed by atoms with Crippen molar-refractivity contribution in [1.82, 2.24) is 4.31 Å². The molecule has 108 valence electrons. The number of hydrogen-bond donors (Lipinski definition) is 1. The molecule has 5 heteroatoms. The molecule has 1 aromatic carbocycles. The van der Waals surface area contributed by atoms with E-state index in [0.29, 0.717) is 10.8 Å². The van der Waals surface area contributed by atoms with Gasteiger partial charge >= 0.3 is 0 Å². The van der Waals surface area contributed by atoms with Gasteiger partial charge in [-0.2, -0.15) is 0 Å². The third-order valence-electron chi connectivity index (χ3n) is 3.53. The van der Waals surface area contributed by atoms with Crippen molar-refractivity contribution in [3.63, 3.8) is 0 Å². The van der Waals surface area contributed by atoms with Gasteiger partial charge in [0.05, 0.1) is 4.90 Å². The van der Waals surface area contributed by atoms with Gasteiger partial charge in [0.1, 0.15) is 0 Å². The van der Waals surface area contributed by atoms with Crippen LogP contribution >= 0.6 is 0 Å². The zero-order valence-corrected chi connectivity index (χ0v) is 13.1. The Hall–Kier alpha value is -0.910. The van der Waals surface area contributed by atoms with Crippen molar-refractivity contribution >= 4 is 10.0 Å². The molecule has 0 aliphatic heterocycles. The van der Waals surface area contributed by atoms with E-state index in [9.17, 15) is 8.42 Å². The van der Waals surface area contributed by atoms with Gasteiger partial charge in [0.25, 0.3) is 0 Å². The lowest BCUT2D eigenvalue weighted by Gasteiger charge is -2.24. The SMILES string of the molecule is CC(C)C(N)C(C)c1ccc(S(=O)(=O)N(C)C)cc1. The standard InChI is InChI=1S/C14H24N2O2S/c1-10(2)14(15)11(3)12-6-8-13(9-7-12)19(17,18)16(4)5/h6-11,14H,15H2,1-5H3. The van der Waals surface area contributed by atoms with Gasteiger partial charge in [-0.05, 0) is 29.5 Å². The summed E-state index contributed by atoms with van der Waals surface area (Å²) in [6.07, 6.45) is 0. The minimum Gasteiger partial charge on any atom is -0.327 e. The second-order valence-corrected chi connectivity index (χ2v) is 7.62. The summed E-state index contributed by atoms with van der Waals surface area (Å²) in [6.45, 7) is 6.25. The van der Waals surface area contributed by atoms with E-state index < -0.39 is 10.0 Å². The van der Waals surface area contributed by atoms with Crippen LogP contribution < -0.4 is 5.73 Å². The maximum Gasteiger partial charge on any atom is 0.242 e. The summed E-state index contributed by atoms with van der Waals surface area (Å²) in [5.41, 5.74) is 7.21. The number of rotatable bonds is 5. The van der Waals surface area contributed by atoms with Gasteiger partial charge in [-0.1, -0.05) is 32.9 Å². The molecule has 0 heterocycles. The summed E-state index contributed by atoms with van der Waals surface area (Å²) >= 11 is 0. The number of sulfonamides is 1. The Morgan fingerprint density at radius 3 is 1.89 bits per heavy atom. The smallest absolute Gasteiger partial charge is 0.242 e. The molecule has 0 radical (unpaired) electrons. The number of benzene rings is 1. The molecule has 1 aromatic rings. The summed E-state index contributed by atoms with van der Waals surface area (Å²) in [5.74, 6) is 0.594. The number of hydrogen-bond acceptors (Lipinski definition) is 3. The Balaban J connectivity index is 3.01. The second-order valence-electron chi connectivity index (χ2n) is 5.47. The number of nitrogens with zero attached hydrogens (tertiary/aromatic N) is 1. The molecule has 2 unspecified atom stereocenters. The normalized spacial score (nSPS) is 15.8. The molecule has 0 bridgehead atoms. The van der Waals surface area contributed by atoms with E-state index in [-0.39, 0.29) is 12.0 Å². The quantitative estimate of drug-likeness (QED) is 0.899. The molecule has 0 aliphatic rings. The zero-order chi connectivity index (χ0) is 14.8. The van der Waals surface area contributed by atoms with Crippen LogP contribution in [0.1, 0.15) is 32.3 Å². The van der Waals surface area contributed by atoms with Crippen LogP contribution in [0.2, 0.25) is 0 Å². The monoisotopic (exact) mass is 284 g/mol. The largest absolute Gasteiger partial charge is 0.327 e. The van der Waals surface area contributed by atoms with Crippen molar-refractivity contribution < 1.29 is 8.42 Å². The van der Waals surface area contributed by atoms with Gasteiger partial charge in [-0.25, -0.2) is 12.7 Å². The van der Waals surface area contributed by atoms with Crippen LogP contribution in [0.15, 0.2) is 29.2 Å². The lowest BCUT2D eigenvalue weighted by atomic mass is 9.87. The van der Waals surface area contributed by atoms with Crippen molar-refractivity contribution in [3.05, 3.63) is 29.8 Å². The second kappa shape index (κ2) is 6.03. The fraction of sp³-hybridized carbons (Fsp3) is 0.571. The minimum absolute atomic E-state index is 0.0660. The van der Waals surface area contributed by atoms with Gasteiger partial charge in [-0.3, -0.25) is 0 Å². The van der Waals surface area contributed by atoms with Crippen molar-refractivity contribution in [2.45, 2.75) is 37.6 Å². The van der Waals surface area contributed by atoms with Crippen LogP contribution in [0.3, 0.4) is 0 Å². The Morgan fingerprint density at radius 2 is 1.53 bits per heavy atom. The first-order chi connectivity index (χ1) is 8.67. The summed E-state index contributed by atoms with van der Waals surface area (Å²) in [4.78, 5) is 0.312. The van der Waals surface area contributed by atoms with Crippen molar-refractivity contribution in [2.75, 3.05) is 14.1 Å². The molecule has 2 N–H and O–H groups in total. The molecule has 0 fully saturated rings. The highest BCUT2D eigenvalue weighted by atomic mass is 32.2. The zero-order valence-electron chi connectivity index (χ0n) is 12.3. The van der Waals surface area contributed by atoms with Gasteiger partial charge in [0.2, 0.25) is 10.0 Å². The summed E-state index contributed by atoms with van der Waals surface area (Å²) in [5, 5.41) is 0. The van der Waals surface area contributed by atoms with Crippen molar-refractivity contribution in [2.24, 2.45) is 11.7 Å². The van der Waals surface area contributed by atoms with Crippen LogP contribution in [0.5, 0.6) is 0 Å². The Labute approximate surface area is 116 Å². The fourth-order valence-corrected chi connectivity index (χ4v) is 2.86. The summed E-state index contributed by atoms with van der Waals surface area (Å²) in [7, 11) is -0.297. The Bertz CT molecular complexity index is 507. The van der Waals surface area contributed by atoms with Gasteiger partial charge in [-0.15, -0.1) is 0 Å². The fourth-order valence-electron chi connectivity index (χ4n) is 1.95. The maximum atomic E-state index is 12.0. The van der Waals surface area contributed by atoms with Crippen LogP contribution in [-0.2, 0) is 10.0 Å². The van der Waals surface area contributed by atoms with E-state index in [0.717, 1.165) is 5.56 Å². The summed E-state index contributed by atoms with van der Waals surface area (Å²) < 4.78 is 25.1. The molecule has 2 atom stereocenters. The molecule has 0 saturated heterocycles. The average Bonchev–Trinajstić information content (AvgIpc) is 2.36. The first-order valence-corrected chi connectivity index (χ1v) is 7.90. The Morgan fingerprint density at radius 1 is 1.05 bits per heavy atom. The van der Waals surface area contributed by atoms with E-state index >= 15 is 0 Å². The van der Waals surface area contributed by atoms with E-state index in [1.165, 1.54) is 18.4 Å². The molecule has 0 amide bonds. The molecular weight excluding hydrogens is 260 g/mol. The molecule has 4 nitrogen and oxygen atoms in total. The predicted octanol–water partition coefficient (Wildman–Crippen LogP) is 2.02. The lowest BCUT2D eigenvalue weighted by Crippen LogP contribution is -2.32. The van der Waals surface area contributed by atoms with E-state index in [4.69, 9.17) is 5.73 Å². The Kier molecular flexibility index (Phi) is 5.12. The summed E-state index contributed by atoms with van der Waals surface area (Å²) in [6, 6.07) is 7.06.